The fourth-order valence-electron chi connectivity index (χ4n) is 4.15. The maximum atomic E-state index is 13.0. The molecule has 0 radical (unpaired) electrons. The number of halogens is 3. The van der Waals surface area contributed by atoms with Gasteiger partial charge in [-0.05, 0) is 59.2 Å². The molecule has 0 bridgehead atoms. The van der Waals surface area contributed by atoms with Crippen LogP contribution in [0.1, 0.15) is 65.6 Å². The highest BCUT2D eigenvalue weighted by molar-refractivity contribution is 5.98. The molecule has 3 rings (SSSR count). The van der Waals surface area contributed by atoms with E-state index in [2.05, 4.69) is 30.8 Å². The van der Waals surface area contributed by atoms with Crippen molar-refractivity contribution >= 4 is 5.78 Å². The Morgan fingerprint density at radius 2 is 2.00 bits per heavy atom. The third kappa shape index (κ3) is 4.71. The number of benzene rings is 1. The second-order valence-electron chi connectivity index (χ2n) is 8.20. The number of likely N-dealkylation sites (tertiary alicyclic amines) is 1. The predicted molar refractivity (Wildman–Crippen MR) is 106 cm³/mol. The summed E-state index contributed by atoms with van der Waals surface area (Å²) >= 11 is 0. The van der Waals surface area contributed by atoms with E-state index >= 15 is 0 Å². The molecule has 0 spiro atoms. The molecular formula is C22H28F3N3O. The Kier molecular flexibility index (Phi) is 6.17. The van der Waals surface area contributed by atoms with E-state index in [9.17, 15) is 18.0 Å². The van der Waals surface area contributed by atoms with Crippen LogP contribution in [0.25, 0.3) is 0 Å². The minimum Gasteiger partial charge on any atom is -0.298 e. The minimum absolute atomic E-state index is 0.145. The van der Waals surface area contributed by atoms with E-state index in [1.54, 1.807) is 0 Å². The molecule has 1 fully saturated rings. The zero-order valence-corrected chi connectivity index (χ0v) is 17.4. The molecule has 1 aromatic carbocycles. The number of piperidine rings is 1. The van der Waals surface area contributed by atoms with Gasteiger partial charge in [-0.1, -0.05) is 12.1 Å². The summed E-state index contributed by atoms with van der Waals surface area (Å²) < 4.78 is 41.0. The Labute approximate surface area is 169 Å². The fraction of sp³-hybridized carbons (Fsp3) is 0.545. The van der Waals surface area contributed by atoms with Gasteiger partial charge >= 0.3 is 6.18 Å². The van der Waals surface area contributed by atoms with Gasteiger partial charge in [0.15, 0.2) is 5.78 Å². The summed E-state index contributed by atoms with van der Waals surface area (Å²) in [6.45, 7) is 10.4. The topological polar surface area (TPSA) is 38.1 Å². The monoisotopic (exact) mass is 407 g/mol. The molecule has 1 unspecified atom stereocenters. The quantitative estimate of drug-likeness (QED) is 0.640. The fourth-order valence-corrected chi connectivity index (χ4v) is 4.15. The van der Waals surface area contributed by atoms with Crippen molar-refractivity contribution in [3.05, 3.63) is 52.3 Å². The van der Waals surface area contributed by atoms with Gasteiger partial charge in [0.25, 0.3) is 0 Å². The second kappa shape index (κ2) is 8.30. The van der Waals surface area contributed by atoms with Crippen LogP contribution in [0.15, 0.2) is 24.3 Å². The Morgan fingerprint density at radius 1 is 1.28 bits per heavy atom. The number of aromatic nitrogens is 2. The van der Waals surface area contributed by atoms with Gasteiger partial charge in [0, 0.05) is 41.9 Å². The third-order valence-electron chi connectivity index (χ3n) is 5.70. The van der Waals surface area contributed by atoms with Crippen molar-refractivity contribution < 1.29 is 18.0 Å². The molecule has 0 N–H and O–H groups in total. The predicted octanol–water partition coefficient (Wildman–Crippen LogP) is 5.19. The van der Waals surface area contributed by atoms with Crippen LogP contribution in [0.3, 0.4) is 0 Å². The number of Topliss-reactive ketones (excluding diaryl/α,β-unsaturated/α-hetero) is 1. The normalized spacial score (nSPS) is 18.4. The zero-order valence-electron chi connectivity index (χ0n) is 17.4. The first-order chi connectivity index (χ1) is 13.6. The van der Waals surface area contributed by atoms with Gasteiger partial charge in [-0.15, -0.1) is 0 Å². The van der Waals surface area contributed by atoms with Crippen LogP contribution in [0.2, 0.25) is 0 Å². The molecule has 7 heteroatoms. The van der Waals surface area contributed by atoms with Gasteiger partial charge in [-0.25, -0.2) is 0 Å². The van der Waals surface area contributed by atoms with Crippen LogP contribution in [-0.4, -0.2) is 33.6 Å². The summed E-state index contributed by atoms with van der Waals surface area (Å²) in [4.78, 5) is 15.1. The first kappa shape index (κ1) is 21.6. The zero-order chi connectivity index (χ0) is 21.3. The number of ketones is 1. The summed E-state index contributed by atoms with van der Waals surface area (Å²) in [5.74, 6) is -0.486. The van der Waals surface area contributed by atoms with E-state index in [0.717, 1.165) is 36.5 Å². The van der Waals surface area contributed by atoms with Crippen LogP contribution < -0.4 is 0 Å². The summed E-state index contributed by atoms with van der Waals surface area (Å²) in [5.41, 5.74) is 2.66. The molecule has 1 aromatic heterocycles. The van der Waals surface area contributed by atoms with Gasteiger partial charge in [0.1, 0.15) is 0 Å². The van der Waals surface area contributed by atoms with Crippen molar-refractivity contribution in [1.29, 1.82) is 0 Å². The first-order valence-electron chi connectivity index (χ1n) is 10.1. The molecule has 1 aliphatic rings. The van der Waals surface area contributed by atoms with Crippen molar-refractivity contribution in [2.45, 2.75) is 59.3 Å². The number of rotatable bonds is 5. The summed E-state index contributed by atoms with van der Waals surface area (Å²) in [5, 5.41) is 4.63. The largest absolute Gasteiger partial charge is 0.416 e. The van der Waals surface area contributed by atoms with Crippen molar-refractivity contribution in [2.24, 2.45) is 5.92 Å². The lowest BCUT2D eigenvalue weighted by Gasteiger charge is -2.32. The van der Waals surface area contributed by atoms with E-state index in [-0.39, 0.29) is 23.3 Å². The number of alkyl halides is 3. The molecule has 2 heterocycles. The minimum atomic E-state index is -4.44. The van der Waals surface area contributed by atoms with Crippen molar-refractivity contribution in [1.82, 2.24) is 14.7 Å². The molecule has 4 nitrogen and oxygen atoms in total. The number of carbonyl (C=O) groups excluding carboxylic acids is 1. The van der Waals surface area contributed by atoms with Gasteiger partial charge in [0.05, 0.1) is 11.3 Å². The molecule has 158 valence electrons. The SMILES string of the molecule is Cc1nn(C(C)C)c(C)c1CN1CCCC(C(=O)c2cccc(C(F)(F)F)c2)C1. The maximum absolute atomic E-state index is 13.0. The first-order valence-corrected chi connectivity index (χ1v) is 10.1. The highest BCUT2D eigenvalue weighted by Gasteiger charge is 2.32. The van der Waals surface area contributed by atoms with Crippen LogP contribution >= 0.6 is 0 Å². The van der Waals surface area contributed by atoms with Crippen LogP contribution in [0.4, 0.5) is 13.2 Å². The molecule has 1 aliphatic heterocycles. The number of nitrogens with zero attached hydrogens (tertiary/aromatic N) is 3. The van der Waals surface area contributed by atoms with E-state index < -0.39 is 11.7 Å². The van der Waals surface area contributed by atoms with Gasteiger partial charge in [-0.3, -0.25) is 14.4 Å². The second-order valence-corrected chi connectivity index (χ2v) is 8.20. The Bertz CT molecular complexity index is 886. The molecule has 2 aromatic rings. The summed E-state index contributed by atoms with van der Waals surface area (Å²) in [6, 6.07) is 5.05. The lowest BCUT2D eigenvalue weighted by atomic mass is 9.89. The summed E-state index contributed by atoms with van der Waals surface area (Å²) in [7, 11) is 0. The number of aryl methyl sites for hydroxylation is 1. The van der Waals surface area contributed by atoms with E-state index in [1.807, 2.05) is 11.6 Å². The van der Waals surface area contributed by atoms with Crippen LogP contribution in [0.5, 0.6) is 0 Å². The van der Waals surface area contributed by atoms with Crippen LogP contribution in [-0.2, 0) is 12.7 Å². The molecule has 1 saturated heterocycles. The number of hydrogen-bond acceptors (Lipinski definition) is 3. The molecule has 0 aliphatic carbocycles. The molecule has 29 heavy (non-hydrogen) atoms. The lowest BCUT2D eigenvalue weighted by molar-refractivity contribution is -0.137. The van der Waals surface area contributed by atoms with E-state index in [1.165, 1.54) is 17.7 Å². The average Bonchev–Trinajstić information content (AvgIpc) is 2.95. The van der Waals surface area contributed by atoms with Crippen molar-refractivity contribution in [3.63, 3.8) is 0 Å². The molecule has 0 saturated carbocycles. The van der Waals surface area contributed by atoms with Crippen molar-refractivity contribution in [3.8, 4) is 0 Å². The van der Waals surface area contributed by atoms with E-state index in [0.29, 0.717) is 19.5 Å². The number of carbonyl (C=O) groups is 1. The van der Waals surface area contributed by atoms with Crippen LogP contribution in [0, 0.1) is 19.8 Å². The van der Waals surface area contributed by atoms with Gasteiger partial charge in [-0.2, -0.15) is 18.3 Å². The Morgan fingerprint density at radius 3 is 2.62 bits per heavy atom. The highest BCUT2D eigenvalue weighted by Crippen LogP contribution is 2.31. The summed E-state index contributed by atoms with van der Waals surface area (Å²) in [6.07, 6.45) is -2.89. The Hall–Kier alpha value is -2.15. The van der Waals surface area contributed by atoms with E-state index in [4.69, 9.17) is 0 Å². The standard InChI is InChI=1S/C22H28F3N3O/c1-14(2)28-16(4)20(15(3)26-28)13-27-10-6-8-18(12-27)21(29)17-7-5-9-19(11-17)22(23,24)25/h5,7,9,11,14,18H,6,8,10,12-13H2,1-4H3. The third-order valence-corrected chi connectivity index (χ3v) is 5.70. The van der Waals surface area contributed by atoms with Gasteiger partial charge in [0.2, 0.25) is 0 Å². The van der Waals surface area contributed by atoms with Gasteiger partial charge < -0.3 is 0 Å². The van der Waals surface area contributed by atoms with Crippen molar-refractivity contribution in [2.75, 3.05) is 13.1 Å². The number of hydrogen-bond donors (Lipinski definition) is 0. The lowest BCUT2D eigenvalue weighted by Crippen LogP contribution is -2.38. The Balaban J connectivity index is 1.74. The maximum Gasteiger partial charge on any atom is 0.416 e. The smallest absolute Gasteiger partial charge is 0.298 e. The molecule has 0 amide bonds. The highest BCUT2D eigenvalue weighted by atomic mass is 19.4. The average molecular weight is 407 g/mol. The molecule has 1 atom stereocenters. The molecular weight excluding hydrogens is 379 g/mol.